The van der Waals surface area contributed by atoms with Gasteiger partial charge in [0.15, 0.2) is 0 Å². The fourth-order valence-electron chi connectivity index (χ4n) is 1.54. The highest BCUT2D eigenvalue weighted by atomic mass is 79.9. The maximum atomic E-state index is 12.1. The van der Waals surface area contributed by atoms with Gasteiger partial charge in [0.1, 0.15) is 17.8 Å². The lowest BCUT2D eigenvalue weighted by Crippen LogP contribution is -2.16. The number of rotatable bonds is 3. The Labute approximate surface area is 127 Å². The van der Waals surface area contributed by atoms with Gasteiger partial charge >= 0.3 is 0 Å². The third kappa shape index (κ3) is 3.31. The number of nitrogens with two attached hydrogens (primary N) is 1. The molecule has 108 valence electrons. The zero-order valence-electron chi connectivity index (χ0n) is 10.8. The zero-order valence-corrected chi connectivity index (χ0v) is 12.4. The molecule has 0 atom stereocenters. The second-order valence-electron chi connectivity index (χ2n) is 4.10. The van der Waals surface area contributed by atoms with Crippen LogP contribution >= 0.6 is 15.9 Å². The number of hydrogen-bond donors (Lipinski definition) is 2. The fourth-order valence-corrected chi connectivity index (χ4v) is 1.76. The number of nitro groups is 1. The largest absolute Gasteiger partial charge is 0.383 e. The van der Waals surface area contributed by atoms with Crippen molar-refractivity contribution in [2.45, 2.75) is 6.92 Å². The lowest BCUT2D eigenvalue weighted by Gasteiger charge is -2.07. The Hall–Kier alpha value is -2.55. The van der Waals surface area contributed by atoms with Crippen LogP contribution in [0.5, 0.6) is 0 Å². The first-order valence-electron chi connectivity index (χ1n) is 5.73. The second-order valence-corrected chi connectivity index (χ2v) is 4.96. The topological polar surface area (TPSA) is 124 Å². The van der Waals surface area contributed by atoms with Crippen LogP contribution in [0.15, 0.2) is 28.9 Å². The zero-order chi connectivity index (χ0) is 15.6. The molecule has 8 nitrogen and oxygen atoms in total. The number of carbonyl (C=O) groups excluding carboxylic acids is 1. The van der Waals surface area contributed by atoms with Crippen molar-refractivity contribution in [3.8, 4) is 0 Å². The third-order valence-electron chi connectivity index (χ3n) is 2.62. The van der Waals surface area contributed by atoms with Crippen LogP contribution in [0.3, 0.4) is 0 Å². The normalized spacial score (nSPS) is 10.2. The molecule has 9 heteroatoms. The summed E-state index contributed by atoms with van der Waals surface area (Å²) >= 11 is 3.30. The molecular formula is C12H10BrN5O3. The van der Waals surface area contributed by atoms with Crippen LogP contribution in [0.2, 0.25) is 0 Å². The summed E-state index contributed by atoms with van der Waals surface area (Å²) in [6, 6.07) is 4.40. The van der Waals surface area contributed by atoms with Crippen LogP contribution in [-0.4, -0.2) is 20.8 Å². The maximum Gasteiger partial charge on any atom is 0.288 e. The molecule has 0 spiro atoms. The smallest absolute Gasteiger partial charge is 0.288 e. The van der Waals surface area contributed by atoms with Gasteiger partial charge in [0.05, 0.1) is 16.2 Å². The molecule has 0 aliphatic heterocycles. The van der Waals surface area contributed by atoms with Crippen LogP contribution in [0, 0.1) is 17.0 Å². The summed E-state index contributed by atoms with van der Waals surface area (Å²) in [5, 5.41) is 13.2. The molecule has 2 heterocycles. The van der Waals surface area contributed by atoms with E-state index in [4.69, 9.17) is 5.73 Å². The molecule has 0 fully saturated rings. The predicted molar refractivity (Wildman–Crippen MR) is 79.9 cm³/mol. The number of carbonyl (C=O) groups is 1. The van der Waals surface area contributed by atoms with Crippen LogP contribution in [-0.2, 0) is 0 Å². The number of hydrogen-bond acceptors (Lipinski definition) is 6. The molecule has 0 radical (unpaired) electrons. The Morgan fingerprint density at radius 1 is 1.48 bits per heavy atom. The lowest BCUT2D eigenvalue weighted by atomic mass is 10.2. The quantitative estimate of drug-likeness (QED) is 0.645. The highest BCUT2D eigenvalue weighted by Crippen LogP contribution is 2.20. The first-order chi connectivity index (χ1) is 9.88. The van der Waals surface area contributed by atoms with E-state index in [1.165, 1.54) is 0 Å². The van der Waals surface area contributed by atoms with Gasteiger partial charge in [-0.25, -0.2) is 9.97 Å². The SMILES string of the molecule is Cc1nc(NC(=O)c2cc([N+](=O)[O-])cnc2N)ccc1Br. The van der Waals surface area contributed by atoms with Crippen molar-refractivity contribution in [3.05, 3.63) is 50.2 Å². The van der Waals surface area contributed by atoms with E-state index in [0.717, 1.165) is 16.7 Å². The van der Waals surface area contributed by atoms with E-state index in [1.807, 2.05) is 0 Å². The molecule has 21 heavy (non-hydrogen) atoms. The van der Waals surface area contributed by atoms with Gasteiger partial charge in [-0.05, 0) is 35.0 Å². The van der Waals surface area contributed by atoms with Gasteiger partial charge in [0, 0.05) is 10.5 Å². The van der Waals surface area contributed by atoms with Crippen LogP contribution < -0.4 is 11.1 Å². The van der Waals surface area contributed by atoms with Gasteiger partial charge in [-0.15, -0.1) is 0 Å². The summed E-state index contributed by atoms with van der Waals surface area (Å²) in [5.74, 6) is -0.392. The Kier molecular flexibility index (Phi) is 4.13. The number of nitrogens with zero attached hydrogens (tertiary/aromatic N) is 3. The summed E-state index contributed by atoms with van der Waals surface area (Å²) in [6.45, 7) is 1.77. The van der Waals surface area contributed by atoms with E-state index >= 15 is 0 Å². The first-order valence-corrected chi connectivity index (χ1v) is 6.52. The average molecular weight is 352 g/mol. The molecule has 0 aromatic carbocycles. The Balaban J connectivity index is 2.29. The monoisotopic (exact) mass is 351 g/mol. The molecule has 2 aromatic heterocycles. The number of anilines is 2. The van der Waals surface area contributed by atoms with Crippen LogP contribution in [0.25, 0.3) is 0 Å². The Morgan fingerprint density at radius 2 is 2.19 bits per heavy atom. The van der Waals surface area contributed by atoms with Crippen molar-refractivity contribution in [2.24, 2.45) is 0 Å². The van der Waals surface area contributed by atoms with Gasteiger partial charge in [0.25, 0.3) is 11.6 Å². The Morgan fingerprint density at radius 3 is 2.81 bits per heavy atom. The fraction of sp³-hybridized carbons (Fsp3) is 0.0833. The standard InChI is InChI=1S/C12H10BrN5O3/c1-6-9(13)2-3-10(16-6)17-12(19)8-4-7(18(20)21)5-15-11(8)14/h2-5H,1H3,(H2,14,15)(H,16,17,19). The lowest BCUT2D eigenvalue weighted by molar-refractivity contribution is -0.385. The second kappa shape index (κ2) is 5.83. The maximum absolute atomic E-state index is 12.1. The van der Waals surface area contributed by atoms with Crippen molar-refractivity contribution in [2.75, 3.05) is 11.1 Å². The van der Waals surface area contributed by atoms with E-state index in [-0.39, 0.29) is 17.1 Å². The van der Waals surface area contributed by atoms with E-state index in [1.54, 1.807) is 19.1 Å². The molecule has 0 aliphatic carbocycles. The number of amides is 1. The molecule has 0 saturated heterocycles. The van der Waals surface area contributed by atoms with E-state index < -0.39 is 10.8 Å². The third-order valence-corrected chi connectivity index (χ3v) is 3.46. The summed E-state index contributed by atoms with van der Waals surface area (Å²) in [6.07, 6.45) is 0.994. The number of nitrogens with one attached hydrogen (secondary N) is 1. The van der Waals surface area contributed by atoms with Crippen molar-refractivity contribution in [1.82, 2.24) is 9.97 Å². The van der Waals surface area contributed by atoms with Gasteiger partial charge in [-0.3, -0.25) is 14.9 Å². The summed E-state index contributed by atoms with van der Waals surface area (Å²) in [7, 11) is 0. The van der Waals surface area contributed by atoms with Gasteiger partial charge in [0.2, 0.25) is 0 Å². The molecule has 1 amide bonds. The Bertz CT molecular complexity index is 735. The highest BCUT2D eigenvalue weighted by Gasteiger charge is 2.17. The van der Waals surface area contributed by atoms with Crippen molar-refractivity contribution in [3.63, 3.8) is 0 Å². The van der Waals surface area contributed by atoms with Gasteiger partial charge in [-0.2, -0.15) is 0 Å². The molecule has 3 N–H and O–H groups in total. The average Bonchev–Trinajstić information content (AvgIpc) is 2.43. The number of nitrogen functional groups attached to an aromatic ring is 1. The summed E-state index contributed by atoms with van der Waals surface area (Å²) in [4.78, 5) is 29.9. The van der Waals surface area contributed by atoms with Crippen molar-refractivity contribution < 1.29 is 9.72 Å². The van der Waals surface area contributed by atoms with Gasteiger partial charge in [-0.1, -0.05) is 0 Å². The predicted octanol–water partition coefficient (Wildman–Crippen LogP) is 2.29. The van der Waals surface area contributed by atoms with E-state index in [2.05, 4.69) is 31.2 Å². The van der Waals surface area contributed by atoms with E-state index in [0.29, 0.717) is 11.5 Å². The first kappa shape index (κ1) is 14.9. The van der Waals surface area contributed by atoms with Gasteiger partial charge < -0.3 is 11.1 Å². The van der Waals surface area contributed by atoms with E-state index in [9.17, 15) is 14.9 Å². The highest BCUT2D eigenvalue weighted by molar-refractivity contribution is 9.10. The molecule has 2 aromatic rings. The number of aromatic nitrogens is 2. The minimum absolute atomic E-state index is 0.0772. The molecule has 0 unspecified atom stereocenters. The minimum Gasteiger partial charge on any atom is -0.383 e. The molecular weight excluding hydrogens is 342 g/mol. The van der Waals surface area contributed by atoms with Crippen LogP contribution in [0.4, 0.5) is 17.3 Å². The number of aryl methyl sites for hydroxylation is 1. The number of pyridine rings is 2. The summed E-state index contributed by atoms with van der Waals surface area (Å²) < 4.78 is 0.803. The molecule has 0 aliphatic rings. The minimum atomic E-state index is -0.648. The molecule has 0 bridgehead atoms. The summed E-state index contributed by atoms with van der Waals surface area (Å²) in [5.41, 5.74) is 5.88. The van der Waals surface area contributed by atoms with Crippen LogP contribution in [0.1, 0.15) is 16.1 Å². The van der Waals surface area contributed by atoms with Crippen molar-refractivity contribution in [1.29, 1.82) is 0 Å². The van der Waals surface area contributed by atoms with Crippen molar-refractivity contribution >= 4 is 39.2 Å². The molecule has 2 rings (SSSR count). The molecule has 0 saturated carbocycles. The number of halogens is 1.